The van der Waals surface area contributed by atoms with Crippen molar-refractivity contribution in [3.8, 4) is 11.5 Å². The van der Waals surface area contributed by atoms with E-state index in [0.717, 1.165) is 0 Å². The van der Waals surface area contributed by atoms with Crippen LogP contribution in [-0.2, 0) is 14.8 Å². The van der Waals surface area contributed by atoms with Crippen LogP contribution in [0.15, 0.2) is 53.4 Å². The summed E-state index contributed by atoms with van der Waals surface area (Å²) < 4.78 is 33.5. The zero-order valence-corrected chi connectivity index (χ0v) is 15.3. The van der Waals surface area contributed by atoms with Gasteiger partial charge in [-0.2, -0.15) is 0 Å². The number of carbonyl (C=O) groups is 1. The van der Waals surface area contributed by atoms with Crippen LogP contribution < -0.4 is 19.9 Å². The number of nitrogens with one attached hydrogen (secondary N) is 1. The highest BCUT2D eigenvalue weighted by Crippen LogP contribution is 2.26. The molecule has 1 amide bonds. The summed E-state index contributed by atoms with van der Waals surface area (Å²) in [7, 11) is -3.74. The number of amides is 1. The lowest BCUT2D eigenvalue weighted by molar-refractivity contribution is -0.116. The van der Waals surface area contributed by atoms with Crippen LogP contribution in [0.1, 0.15) is 19.8 Å². The van der Waals surface area contributed by atoms with E-state index in [2.05, 4.69) is 5.32 Å². The maximum Gasteiger partial charge on any atom is 0.238 e. The lowest BCUT2D eigenvalue weighted by Crippen LogP contribution is -2.14. The molecule has 0 spiro atoms. The van der Waals surface area contributed by atoms with Crippen LogP contribution in [0.25, 0.3) is 0 Å². The molecule has 2 aromatic carbocycles. The predicted octanol–water partition coefficient (Wildman–Crippen LogP) is 2.53. The van der Waals surface area contributed by atoms with E-state index < -0.39 is 10.0 Å². The van der Waals surface area contributed by atoms with Crippen molar-refractivity contribution in [2.24, 2.45) is 5.14 Å². The first-order valence-corrected chi connectivity index (χ1v) is 9.72. The summed E-state index contributed by atoms with van der Waals surface area (Å²) in [5, 5.41) is 7.72. The van der Waals surface area contributed by atoms with Gasteiger partial charge in [0.2, 0.25) is 15.9 Å². The Labute approximate surface area is 153 Å². The molecule has 0 aliphatic heterocycles. The smallest absolute Gasteiger partial charge is 0.238 e. The van der Waals surface area contributed by atoms with Gasteiger partial charge in [0.15, 0.2) is 11.5 Å². The first-order valence-electron chi connectivity index (χ1n) is 8.17. The molecule has 2 aromatic rings. The molecule has 3 N–H and O–H groups in total. The molecule has 0 radical (unpaired) electrons. The fourth-order valence-corrected chi connectivity index (χ4v) is 2.73. The fourth-order valence-electron chi connectivity index (χ4n) is 2.21. The standard InChI is InChI=1S/C18H22N2O5S/c1-2-24-16-6-3-4-7-17(16)25-13-5-8-18(21)20-14-9-11-15(12-10-14)26(19,22)23/h3-4,6-7,9-12H,2,5,8,13H2,1H3,(H,20,21)(H2,19,22,23). The van der Waals surface area contributed by atoms with Crippen molar-refractivity contribution >= 4 is 21.6 Å². The number of ether oxygens (including phenoxy) is 2. The number of anilines is 1. The summed E-state index contributed by atoms with van der Waals surface area (Å²) in [6.07, 6.45) is 0.801. The van der Waals surface area contributed by atoms with Gasteiger partial charge in [-0.1, -0.05) is 12.1 Å². The Morgan fingerprint density at radius 2 is 1.65 bits per heavy atom. The quantitative estimate of drug-likeness (QED) is 0.652. The van der Waals surface area contributed by atoms with Crippen LogP contribution in [0.5, 0.6) is 11.5 Å². The normalized spacial score (nSPS) is 11.0. The predicted molar refractivity (Wildman–Crippen MR) is 98.8 cm³/mol. The van der Waals surface area contributed by atoms with Crippen LogP contribution in [0.4, 0.5) is 5.69 Å². The van der Waals surface area contributed by atoms with E-state index in [4.69, 9.17) is 14.6 Å². The third-order valence-corrected chi connectivity index (χ3v) is 4.35. The number of benzene rings is 2. The highest BCUT2D eigenvalue weighted by molar-refractivity contribution is 7.89. The van der Waals surface area contributed by atoms with Crippen LogP contribution in [-0.4, -0.2) is 27.5 Å². The second-order valence-corrected chi connectivity index (χ2v) is 7.01. The van der Waals surface area contributed by atoms with E-state index in [1.165, 1.54) is 24.3 Å². The third kappa shape index (κ3) is 6.05. The molecule has 0 fully saturated rings. The Morgan fingerprint density at radius 3 is 2.23 bits per heavy atom. The lowest BCUT2D eigenvalue weighted by atomic mass is 10.2. The van der Waals surface area contributed by atoms with Gasteiger partial charge in [0.1, 0.15) is 0 Å². The Hall–Kier alpha value is -2.58. The molecule has 0 unspecified atom stereocenters. The highest BCUT2D eigenvalue weighted by atomic mass is 32.2. The monoisotopic (exact) mass is 378 g/mol. The molecule has 0 aliphatic rings. The minimum absolute atomic E-state index is 0.00291. The summed E-state index contributed by atoms with van der Waals surface area (Å²) in [6, 6.07) is 13.0. The van der Waals surface area contributed by atoms with Gasteiger partial charge in [0.05, 0.1) is 18.1 Å². The number of para-hydroxylation sites is 2. The van der Waals surface area contributed by atoms with E-state index in [-0.39, 0.29) is 17.2 Å². The Kier molecular flexibility index (Phi) is 6.99. The van der Waals surface area contributed by atoms with Crippen molar-refractivity contribution < 1.29 is 22.7 Å². The van der Waals surface area contributed by atoms with Gasteiger partial charge in [-0.3, -0.25) is 4.79 Å². The Bertz CT molecular complexity index is 835. The topological polar surface area (TPSA) is 108 Å². The van der Waals surface area contributed by atoms with Gasteiger partial charge in [0, 0.05) is 12.1 Å². The number of nitrogens with two attached hydrogens (primary N) is 1. The summed E-state index contributed by atoms with van der Waals surface area (Å²) in [4.78, 5) is 11.9. The number of primary sulfonamides is 1. The van der Waals surface area contributed by atoms with Crippen molar-refractivity contribution in [2.45, 2.75) is 24.7 Å². The Morgan fingerprint density at radius 1 is 1.04 bits per heavy atom. The van der Waals surface area contributed by atoms with Crippen molar-refractivity contribution in [1.29, 1.82) is 0 Å². The largest absolute Gasteiger partial charge is 0.490 e. The maximum absolute atomic E-state index is 11.9. The van der Waals surface area contributed by atoms with Crippen molar-refractivity contribution in [3.63, 3.8) is 0 Å². The summed E-state index contributed by atoms with van der Waals surface area (Å²) >= 11 is 0. The molecule has 0 saturated carbocycles. The number of hydrogen-bond acceptors (Lipinski definition) is 5. The molecule has 140 valence electrons. The van der Waals surface area contributed by atoms with Gasteiger partial charge in [-0.15, -0.1) is 0 Å². The van der Waals surface area contributed by atoms with E-state index in [9.17, 15) is 13.2 Å². The molecule has 0 atom stereocenters. The van der Waals surface area contributed by atoms with E-state index in [1.807, 2.05) is 31.2 Å². The molecular formula is C18H22N2O5S. The van der Waals surface area contributed by atoms with Crippen LogP contribution in [0, 0.1) is 0 Å². The molecular weight excluding hydrogens is 356 g/mol. The molecule has 26 heavy (non-hydrogen) atoms. The number of carbonyl (C=O) groups excluding carboxylic acids is 1. The minimum atomic E-state index is -3.74. The fraction of sp³-hybridized carbons (Fsp3) is 0.278. The summed E-state index contributed by atoms with van der Waals surface area (Å²) in [5.74, 6) is 1.14. The maximum atomic E-state index is 11.9. The molecule has 0 heterocycles. The SMILES string of the molecule is CCOc1ccccc1OCCCC(=O)Nc1ccc(S(N)(=O)=O)cc1. The minimum Gasteiger partial charge on any atom is -0.490 e. The van der Waals surface area contributed by atoms with E-state index >= 15 is 0 Å². The van der Waals surface area contributed by atoms with Gasteiger partial charge < -0.3 is 14.8 Å². The first-order chi connectivity index (χ1) is 12.4. The molecule has 8 heteroatoms. The zero-order chi connectivity index (χ0) is 19.0. The van der Waals surface area contributed by atoms with Gasteiger partial charge in [-0.25, -0.2) is 13.6 Å². The molecule has 0 aliphatic carbocycles. The zero-order valence-electron chi connectivity index (χ0n) is 14.5. The van der Waals surface area contributed by atoms with Crippen LogP contribution in [0.3, 0.4) is 0 Å². The second-order valence-electron chi connectivity index (χ2n) is 5.45. The average Bonchev–Trinajstić information content (AvgIpc) is 2.60. The third-order valence-electron chi connectivity index (χ3n) is 3.42. The number of rotatable bonds is 9. The van der Waals surface area contributed by atoms with Crippen LogP contribution in [0.2, 0.25) is 0 Å². The number of hydrogen-bond donors (Lipinski definition) is 2. The van der Waals surface area contributed by atoms with E-state index in [0.29, 0.717) is 36.8 Å². The van der Waals surface area contributed by atoms with Crippen LogP contribution >= 0.6 is 0 Å². The first kappa shape index (κ1) is 19.7. The Balaban J connectivity index is 1.77. The lowest BCUT2D eigenvalue weighted by Gasteiger charge is -2.11. The molecule has 7 nitrogen and oxygen atoms in total. The number of sulfonamides is 1. The highest BCUT2D eigenvalue weighted by Gasteiger charge is 2.08. The van der Waals surface area contributed by atoms with Gasteiger partial charge in [-0.05, 0) is 49.7 Å². The molecule has 2 rings (SSSR count). The molecule has 0 bridgehead atoms. The molecule has 0 saturated heterocycles. The average molecular weight is 378 g/mol. The van der Waals surface area contributed by atoms with Crippen molar-refractivity contribution in [1.82, 2.24) is 0 Å². The van der Waals surface area contributed by atoms with Gasteiger partial charge >= 0.3 is 0 Å². The van der Waals surface area contributed by atoms with E-state index in [1.54, 1.807) is 0 Å². The van der Waals surface area contributed by atoms with Crippen molar-refractivity contribution in [3.05, 3.63) is 48.5 Å². The van der Waals surface area contributed by atoms with Crippen molar-refractivity contribution in [2.75, 3.05) is 18.5 Å². The molecule has 0 aromatic heterocycles. The summed E-state index contributed by atoms with van der Waals surface area (Å²) in [5.41, 5.74) is 0.505. The van der Waals surface area contributed by atoms with Gasteiger partial charge in [0.25, 0.3) is 0 Å². The summed E-state index contributed by atoms with van der Waals surface area (Å²) in [6.45, 7) is 2.82. The second kappa shape index (κ2) is 9.21.